The second-order valence-corrected chi connectivity index (χ2v) is 8.47. The summed E-state index contributed by atoms with van der Waals surface area (Å²) in [7, 11) is 4.19. The van der Waals surface area contributed by atoms with Crippen LogP contribution in [0.3, 0.4) is 0 Å². The molecule has 1 aliphatic rings. The van der Waals surface area contributed by atoms with Crippen LogP contribution in [0, 0.1) is 6.92 Å². The smallest absolute Gasteiger partial charge is 0.276 e. The predicted octanol–water partition coefficient (Wildman–Crippen LogP) is 3.58. The molecule has 1 aromatic heterocycles. The normalized spacial score (nSPS) is 17.5. The lowest BCUT2D eigenvalue weighted by Crippen LogP contribution is -2.46. The number of hydrogen-bond donors (Lipinski definition) is 0. The van der Waals surface area contributed by atoms with Crippen LogP contribution in [-0.4, -0.2) is 45.3 Å². The number of rotatable bonds is 6. The zero-order chi connectivity index (χ0) is 21.1. The van der Waals surface area contributed by atoms with Gasteiger partial charge in [-0.05, 0) is 51.1 Å². The van der Waals surface area contributed by atoms with Gasteiger partial charge >= 0.3 is 0 Å². The molecule has 5 heteroatoms. The highest BCUT2D eigenvalue weighted by Crippen LogP contribution is 2.20. The second-order valence-electron chi connectivity index (χ2n) is 8.47. The Morgan fingerprint density at radius 3 is 2.40 bits per heavy atom. The van der Waals surface area contributed by atoms with Crippen LogP contribution in [0.4, 0.5) is 0 Å². The molecule has 1 fully saturated rings. The van der Waals surface area contributed by atoms with Crippen molar-refractivity contribution in [3.8, 4) is 5.69 Å². The fourth-order valence-corrected chi connectivity index (χ4v) is 4.56. The van der Waals surface area contributed by atoms with Crippen LogP contribution >= 0.6 is 0 Å². The summed E-state index contributed by atoms with van der Waals surface area (Å²) in [5, 5.41) is 0. The Bertz CT molecular complexity index is 1020. The molecule has 5 nitrogen and oxygen atoms in total. The number of para-hydroxylation sites is 1. The zero-order valence-corrected chi connectivity index (χ0v) is 18.3. The lowest BCUT2D eigenvalue weighted by molar-refractivity contribution is 0.107. The number of nitrogens with zero attached hydrogens (tertiary/aromatic N) is 4. The number of hydrogen-bond acceptors (Lipinski definition) is 3. The fraction of sp³-hybridized carbons (Fsp3) is 0.400. The third kappa shape index (κ3) is 4.27. The van der Waals surface area contributed by atoms with Crippen molar-refractivity contribution in [1.82, 2.24) is 19.2 Å². The maximum atomic E-state index is 13.2. The molecule has 158 valence electrons. The van der Waals surface area contributed by atoms with Crippen LogP contribution in [-0.2, 0) is 20.1 Å². The van der Waals surface area contributed by atoms with Gasteiger partial charge in [0.2, 0.25) is 0 Å². The minimum absolute atomic E-state index is 0.0981. The molecule has 0 radical (unpaired) electrons. The van der Waals surface area contributed by atoms with Crippen molar-refractivity contribution in [3.63, 3.8) is 0 Å². The van der Waals surface area contributed by atoms with Gasteiger partial charge in [-0.2, -0.15) is 0 Å². The predicted molar refractivity (Wildman–Crippen MR) is 122 cm³/mol. The SMILES string of the molecule is Cc1c(CN2CCC[C@H](N(C)Cc3ccccc3)C2)c(=O)n(-c2ccccc2)n1C. The summed E-state index contributed by atoms with van der Waals surface area (Å²) < 4.78 is 3.77. The first-order valence-corrected chi connectivity index (χ1v) is 10.8. The third-order valence-corrected chi connectivity index (χ3v) is 6.43. The van der Waals surface area contributed by atoms with E-state index in [1.165, 1.54) is 18.4 Å². The lowest BCUT2D eigenvalue weighted by Gasteiger charge is -2.37. The molecule has 0 amide bonds. The topological polar surface area (TPSA) is 33.4 Å². The summed E-state index contributed by atoms with van der Waals surface area (Å²) in [4.78, 5) is 18.2. The van der Waals surface area contributed by atoms with Crippen LogP contribution in [0.5, 0.6) is 0 Å². The van der Waals surface area contributed by atoms with E-state index in [1.807, 2.05) is 42.1 Å². The molecule has 4 rings (SSSR count). The van der Waals surface area contributed by atoms with Gasteiger partial charge in [0.05, 0.1) is 11.3 Å². The highest BCUT2D eigenvalue weighted by molar-refractivity contribution is 5.33. The third-order valence-electron chi connectivity index (χ3n) is 6.43. The van der Waals surface area contributed by atoms with Gasteiger partial charge in [0.25, 0.3) is 5.56 Å². The maximum Gasteiger partial charge on any atom is 0.276 e. The fourth-order valence-electron chi connectivity index (χ4n) is 4.56. The average Bonchev–Trinajstić information content (AvgIpc) is 2.98. The van der Waals surface area contributed by atoms with Crippen molar-refractivity contribution in [3.05, 3.63) is 87.8 Å². The zero-order valence-electron chi connectivity index (χ0n) is 18.3. The van der Waals surface area contributed by atoms with Gasteiger partial charge in [-0.25, -0.2) is 4.68 Å². The van der Waals surface area contributed by atoms with Crippen LogP contribution < -0.4 is 5.56 Å². The maximum absolute atomic E-state index is 13.2. The van der Waals surface area contributed by atoms with Crippen molar-refractivity contribution in [2.75, 3.05) is 20.1 Å². The molecule has 0 spiro atoms. The minimum Gasteiger partial charge on any atom is -0.298 e. The van der Waals surface area contributed by atoms with Gasteiger partial charge < -0.3 is 0 Å². The highest BCUT2D eigenvalue weighted by Gasteiger charge is 2.26. The molecule has 0 bridgehead atoms. The summed E-state index contributed by atoms with van der Waals surface area (Å²) in [5.41, 5.74) is 4.32. The van der Waals surface area contributed by atoms with Gasteiger partial charge in [-0.15, -0.1) is 0 Å². The Balaban J connectivity index is 1.49. The summed E-state index contributed by atoms with van der Waals surface area (Å²) >= 11 is 0. The number of piperidine rings is 1. The molecule has 0 N–H and O–H groups in total. The van der Waals surface area contributed by atoms with E-state index in [1.54, 1.807) is 4.68 Å². The molecular weight excluding hydrogens is 372 g/mol. The van der Waals surface area contributed by atoms with E-state index in [2.05, 4.69) is 54.1 Å². The molecule has 0 saturated carbocycles. The largest absolute Gasteiger partial charge is 0.298 e. The summed E-state index contributed by atoms with van der Waals surface area (Å²) in [5.74, 6) is 0. The van der Waals surface area contributed by atoms with Crippen LogP contribution in [0.2, 0.25) is 0 Å². The van der Waals surface area contributed by atoms with E-state index in [0.29, 0.717) is 12.6 Å². The molecule has 2 heterocycles. The average molecular weight is 405 g/mol. The standard InChI is InChI=1S/C25H32N4O/c1-20-24(25(30)29(27(20)3)22-13-8-5-9-14-22)19-28-16-10-15-23(18-28)26(2)17-21-11-6-4-7-12-21/h4-9,11-14,23H,10,15-19H2,1-3H3/t23-/m0/s1. The van der Waals surface area contributed by atoms with Crippen molar-refractivity contribution in [1.29, 1.82) is 0 Å². The van der Waals surface area contributed by atoms with Gasteiger partial charge in [0, 0.05) is 38.4 Å². The number of aromatic nitrogens is 2. The van der Waals surface area contributed by atoms with Gasteiger partial charge in [0.1, 0.15) is 0 Å². The lowest BCUT2D eigenvalue weighted by atomic mass is 10.0. The van der Waals surface area contributed by atoms with Gasteiger partial charge in [0.15, 0.2) is 0 Å². The summed E-state index contributed by atoms with van der Waals surface area (Å²) in [6.45, 7) is 5.79. The molecule has 30 heavy (non-hydrogen) atoms. The first-order chi connectivity index (χ1) is 14.5. The molecule has 1 saturated heterocycles. The molecule has 0 unspecified atom stereocenters. The number of likely N-dealkylation sites (tertiary alicyclic amines) is 1. The van der Waals surface area contributed by atoms with Crippen LogP contribution in [0.25, 0.3) is 5.69 Å². The Morgan fingerprint density at radius 1 is 1.03 bits per heavy atom. The van der Waals surface area contributed by atoms with Gasteiger partial charge in [-0.3, -0.25) is 19.3 Å². The van der Waals surface area contributed by atoms with Crippen molar-refractivity contribution < 1.29 is 0 Å². The van der Waals surface area contributed by atoms with E-state index in [-0.39, 0.29) is 5.56 Å². The molecule has 1 aliphatic heterocycles. The van der Waals surface area contributed by atoms with E-state index in [4.69, 9.17) is 0 Å². The minimum atomic E-state index is 0.0981. The second kappa shape index (κ2) is 9.02. The van der Waals surface area contributed by atoms with Gasteiger partial charge in [-0.1, -0.05) is 48.5 Å². The van der Waals surface area contributed by atoms with E-state index in [9.17, 15) is 4.79 Å². The van der Waals surface area contributed by atoms with Crippen LogP contribution in [0.1, 0.15) is 29.7 Å². The van der Waals surface area contributed by atoms with Crippen molar-refractivity contribution >= 4 is 0 Å². The van der Waals surface area contributed by atoms with Crippen molar-refractivity contribution in [2.24, 2.45) is 7.05 Å². The Morgan fingerprint density at radius 2 is 1.70 bits per heavy atom. The molecule has 1 atom stereocenters. The number of benzene rings is 2. The first-order valence-electron chi connectivity index (χ1n) is 10.8. The molecule has 3 aromatic rings. The Labute approximate surface area is 179 Å². The quantitative estimate of drug-likeness (QED) is 0.630. The summed E-state index contributed by atoms with van der Waals surface area (Å²) in [6, 6.07) is 21.1. The Hall–Kier alpha value is -2.63. The number of likely N-dealkylation sites (N-methyl/N-ethyl adjacent to an activating group) is 1. The van der Waals surface area contributed by atoms with Crippen LogP contribution in [0.15, 0.2) is 65.5 Å². The van der Waals surface area contributed by atoms with Crippen molar-refractivity contribution in [2.45, 2.75) is 38.9 Å². The van der Waals surface area contributed by atoms with E-state index < -0.39 is 0 Å². The molecule has 2 aromatic carbocycles. The van der Waals surface area contributed by atoms with E-state index in [0.717, 1.165) is 36.6 Å². The molecule has 0 aliphatic carbocycles. The molecular formula is C25H32N4O. The summed E-state index contributed by atoms with van der Waals surface area (Å²) in [6.07, 6.45) is 2.38. The monoisotopic (exact) mass is 404 g/mol. The Kier molecular flexibility index (Phi) is 6.21. The highest BCUT2D eigenvalue weighted by atomic mass is 16.1. The van der Waals surface area contributed by atoms with E-state index >= 15 is 0 Å². The first kappa shape index (κ1) is 20.6.